The molecule has 1 aliphatic rings. The minimum Gasteiger partial charge on any atom is -0.444 e. The monoisotopic (exact) mass is 347 g/mol. The predicted octanol–water partition coefficient (Wildman–Crippen LogP) is 3.59. The van der Waals surface area contributed by atoms with Crippen molar-refractivity contribution >= 4 is 6.09 Å². The maximum absolute atomic E-state index is 13.4. The number of rotatable bonds is 3. The molecule has 1 amide bonds. The van der Waals surface area contributed by atoms with E-state index < -0.39 is 5.60 Å². The largest absolute Gasteiger partial charge is 0.444 e. The fourth-order valence-electron chi connectivity index (χ4n) is 2.70. The molecule has 0 bridgehead atoms. The Morgan fingerprint density at radius 3 is 2.80 bits per heavy atom. The van der Waals surface area contributed by atoms with Crippen LogP contribution in [0.5, 0.6) is 0 Å². The molecule has 7 heteroatoms. The maximum Gasteiger partial charge on any atom is 0.410 e. The molecule has 0 aliphatic carbocycles. The van der Waals surface area contributed by atoms with Crippen LogP contribution in [0.2, 0.25) is 0 Å². The van der Waals surface area contributed by atoms with Crippen LogP contribution in [-0.4, -0.2) is 39.8 Å². The molecule has 25 heavy (non-hydrogen) atoms. The number of likely N-dealkylation sites (tertiary alicyclic amines) is 1. The highest BCUT2D eigenvalue weighted by Gasteiger charge is 2.34. The van der Waals surface area contributed by atoms with Gasteiger partial charge in [-0.2, -0.15) is 4.98 Å². The summed E-state index contributed by atoms with van der Waals surface area (Å²) in [7, 11) is 0. The Hall–Kier alpha value is -2.44. The lowest BCUT2D eigenvalue weighted by Crippen LogP contribution is -2.52. The summed E-state index contributed by atoms with van der Waals surface area (Å²) >= 11 is 0. The molecule has 134 valence electrons. The molecule has 1 fully saturated rings. The molecule has 0 spiro atoms. The van der Waals surface area contributed by atoms with Gasteiger partial charge in [0.2, 0.25) is 11.7 Å². The number of amides is 1. The van der Waals surface area contributed by atoms with Crippen molar-refractivity contribution in [2.24, 2.45) is 5.92 Å². The molecule has 1 aromatic heterocycles. The topological polar surface area (TPSA) is 68.5 Å². The van der Waals surface area contributed by atoms with Crippen molar-refractivity contribution in [2.45, 2.75) is 39.7 Å². The van der Waals surface area contributed by atoms with Crippen molar-refractivity contribution in [3.8, 4) is 11.4 Å². The van der Waals surface area contributed by atoms with Crippen LogP contribution in [0.4, 0.5) is 9.18 Å². The van der Waals surface area contributed by atoms with Gasteiger partial charge >= 0.3 is 6.09 Å². The van der Waals surface area contributed by atoms with Gasteiger partial charge < -0.3 is 14.2 Å². The van der Waals surface area contributed by atoms with Gasteiger partial charge in [0.05, 0.1) is 0 Å². The van der Waals surface area contributed by atoms with Gasteiger partial charge in [-0.25, -0.2) is 9.18 Å². The summed E-state index contributed by atoms with van der Waals surface area (Å²) in [4.78, 5) is 17.9. The van der Waals surface area contributed by atoms with E-state index in [9.17, 15) is 9.18 Å². The fraction of sp³-hybridized carbons (Fsp3) is 0.500. The van der Waals surface area contributed by atoms with Gasteiger partial charge in [0.15, 0.2) is 0 Å². The first-order valence-corrected chi connectivity index (χ1v) is 8.28. The highest BCUT2D eigenvalue weighted by Crippen LogP contribution is 2.25. The molecule has 0 saturated carbocycles. The van der Waals surface area contributed by atoms with Crippen molar-refractivity contribution in [2.75, 3.05) is 13.1 Å². The number of carbonyl (C=O) groups is 1. The standard InChI is InChI=1S/C18H22FN3O3/c1-11-5-6-13(19)8-14(11)16-20-15(25-21-16)7-12-9-22(10-12)17(23)24-18(2,3)4/h5-6,8,12H,7,9-10H2,1-4H3. The predicted molar refractivity (Wildman–Crippen MR) is 89.4 cm³/mol. The molecule has 1 aliphatic heterocycles. The van der Waals surface area contributed by atoms with Crippen molar-refractivity contribution in [1.82, 2.24) is 15.0 Å². The Balaban J connectivity index is 1.57. The minimum atomic E-state index is -0.494. The van der Waals surface area contributed by atoms with Crippen LogP contribution in [0, 0.1) is 18.7 Å². The van der Waals surface area contributed by atoms with Gasteiger partial charge in [-0.05, 0) is 45.4 Å². The quantitative estimate of drug-likeness (QED) is 0.849. The summed E-state index contributed by atoms with van der Waals surface area (Å²) < 4.78 is 24.0. The van der Waals surface area contributed by atoms with E-state index in [0.717, 1.165) is 5.56 Å². The highest BCUT2D eigenvalue weighted by molar-refractivity contribution is 5.69. The van der Waals surface area contributed by atoms with Gasteiger partial charge in [0.1, 0.15) is 11.4 Å². The maximum atomic E-state index is 13.4. The second-order valence-corrected chi connectivity index (χ2v) is 7.43. The number of halogens is 1. The fourth-order valence-corrected chi connectivity index (χ4v) is 2.70. The zero-order valence-electron chi connectivity index (χ0n) is 14.9. The third-order valence-electron chi connectivity index (χ3n) is 3.98. The number of carbonyl (C=O) groups excluding carboxylic acids is 1. The summed E-state index contributed by atoms with van der Waals surface area (Å²) in [6, 6.07) is 4.49. The van der Waals surface area contributed by atoms with Crippen LogP contribution < -0.4 is 0 Å². The highest BCUT2D eigenvalue weighted by atomic mass is 19.1. The van der Waals surface area contributed by atoms with Crippen molar-refractivity contribution in [3.05, 3.63) is 35.5 Å². The number of benzene rings is 1. The van der Waals surface area contributed by atoms with Crippen molar-refractivity contribution in [1.29, 1.82) is 0 Å². The Morgan fingerprint density at radius 2 is 2.12 bits per heavy atom. The summed E-state index contributed by atoms with van der Waals surface area (Å²) in [5.41, 5.74) is 1.01. The first kappa shape index (κ1) is 17.4. The molecule has 1 aromatic carbocycles. The molecule has 0 unspecified atom stereocenters. The lowest BCUT2D eigenvalue weighted by Gasteiger charge is -2.39. The summed E-state index contributed by atoms with van der Waals surface area (Å²) in [5, 5.41) is 3.94. The Labute approximate surface area is 146 Å². The van der Waals surface area contributed by atoms with E-state index in [-0.39, 0.29) is 17.8 Å². The molecule has 0 N–H and O–H groups in total. The van der Waals surface area contributed by atoms with Gasteiger partial charge in [-0.1, -0.05) is 11.2 Å². The Bertz CT molecular complexity index is 776. The number of hydrogen-bond acceptors (Lipinski definition) is 5. The van der Waals surface area contributed by atoms with E-state index in [1.54, 1.807) is 11.0 Å². The molecule has 1 saturated heterocycles. The van der Waals surface area contributed by atoms with E-state index in [1.807, 2.05) is 27.7 Å². The molecular formula is C18H22FN3O3. The number of hydrogen-bond donors (Lipinski definition) is 0. The van der Waals surface area contributed by atoms with E-state index in [4.69, 9.17) is 9.26 Å². The average Bonchev–Trinajstić information content (AvgIpc) is 2.91. The van der Waals surface area contributed by atoms with Crippen LogP contribution in [0.25, 0.3) is 11.4 Å². The number of aryl methyl sites for hydroxylation is 1. The smallest absolute Gasteiger partial charge is 0.410 e. The molecule has 0 atom stereocenters. The summed E-state index contributed by atoms with van der Waals surface area (Å²) in [5.74, 6) is 0.802. The molecule has 2 heterocycles. The minimum absolute atomic E-state index is 0.259. The molecule has 2 aromatic rings. The molecule has 6 nitrogen and oxygen atoms in total. The van der Waals surface area contributed by atoms with Crippen LogP contribution >= 0.6 is 0 Å². The third-order valence-corrected chi connectivity index (χ3v) is 3.98. The van der Waals surface area contributed by atoms with E-state index in [1.165, 1.54) is 12.1 Å². The SMILES string of the molecule is Cc1ccc(F)cc1-c1noc(CC2CN(C(=O)OC(C)(C)C)C2)n1. The van der Waals surface area contributed by atoms with Gasteiger partial charge in [0.25, 0.3) is 0 Å². The first-order valence-electron chi connectivity index (χ1n) is 8.28. The Kier molecular flexibility index (Phi) is 4.49. The zero-order chi connectivity index (χ0) is 18.2. The molecular weight excluding hydrogens is 325 g/mol. The van der Waals surface area contributed by atoms with E-state index in [2.05, 4.69) is 10.1 Å². The van der Waals surface area contributed by atoms with E-state index >= 15 is 0 Å². The number of ether oxygens (including phenoxy) is 1. The van der Waals surface area contributed by atoms with Crippen LogP contribution in [-0.2, 0) is 11.2 Å². The molecule has 0 radical (unpaired) electrons. The summed E-state index contributed by atoms with van der Waals surface area (Å²) in [6.07, 6.45) is 0.283. The van der Waals surface area contributed by atoms with Crippen molar-refractivity contribution < 1.29 is 18.4 Å². The van der Waals surface area contributed by atoms with Gasteiger partial charge in [-0.3, -0.25) is 0 Å². The van der Waals surface area contributed by atoms with Crippen LogP contribution in [0.3, 0.4) is 0 Å². The van der Waals surface area contributed by atoms with Crippen LogP contribution in [0.15, 0.2) is 22.7 Å². The van der Waals surface area contributed by atoms with Crippen molar-refractivity contribution in [3.63, 3.8) is 0 Å². The van der Waals surface area contributed by atoms with Crippen LogP contribution in [0.1, 0.15) is 32.2 Å². The lowest BCUT2D eigenvalue weighted by molar-refractivity contribution is -0.00187. The number of nitrogens with zero attached hydrogens (tertiary/aromatic N) is 3. The second-order valence-electron chi connectivity index (χ2n) is 7.43. The lowest BCUT2D eigenvalue weighted by atomic mass is 9.97. The normalized spacial score (nSPS) is 15.2. The van der Waals surface area contributed by atoms with E-state index in [0.29, 0.717) is 36.8 Å². The first-order chi connectivity index (χ1) is 11.7. The Morgan fingerprint density at radius 1 is 1.40 bits per heavy atom. The second kappa shape index (κ2) is 6.46. The zero-order valence-corrected chi connectivity index (χ0v) is 14.9. The third kappa shape index (κ3) is 4.15. The summed E-state index contributed by atoms with van der Waals surface area (Å²) in [6.45, 7) is 8.61. The van der Waals surface area contributed by atoms with Gasteiger partial charge in [0, 0.05) is 31.0 Å². The molecule has 3 rings (SSSR count). The van der Waals surface area contributed by atoms with Gasteiger partial charge in [-0.15, -0.1) is 0 Å². The number of aromatic nitrogens is 2. The average molecular weight is 347 g/mol.